The number of hydrogen-bond donors (Lipinski definition) is 2. The molecule has 3 aromatic rings. The Kier molecular flexibility index (Phi) is 8.30. The Bertz CT molecular complexity index is 1230. The number of ether oxygens (including phenoxy) is 1. The van der Waals surface area contributed by atoms with Crippen LogP contribution in [0.5, 0.6) is 0 Å². The maximum atomic E-state index is 14.7. The van der Waals surface area contributed by atoms with Crippen LogP contribution < -0.4 is 5.73 Å². The van der Waals surface area contributed by atoms with E-state index >= 15 is 0 Å². The van der Waals surface area contributed by atoms with Gasteiger partial charge in [0.15, 0.2) is 11.9 Å². The number of nitrogens with two attached hydrogens (primary N) is 1. The van der Waals surface area contributed by atoms with Gasteiger partial charge < -0.3 is 20.0 Å². The highest BCUT2D eigenvalue weighted by Gasteiger charge is 2.50. The molecule has 0 amide bonds. The van der Waals surface area contributed by atoms with Crippen molar-refractivity contribution >= 4 is 36.9 Å². The van der Waals surface area contributed by atoms with Crippen molar-refractivity contribution in [2.24, 2.45) is 0 Å². The van der Waals surface area contributed by atoms with Crippen LogP contribution in [0.4, 0.5) is 10.2 Å². The van der Waals surface area contributed by atoms with Crippen LogP contribution in [0.15, 0.2) is 34.4 Å². The fraction of sp³-hybridized carbons (Fsp3) is 0.577. The predicted molar refractivity (Wildman–Crippen MR) is 147 cm³/mol. The Hall–Kier alpha value is -2.05. The summed E-state index contributed by atoms with van der Waals surface area (Å²) >= 11 is 1.18. The zero-order valence-electron chi connectivity index (χ0n) is 22.6. The molecular formula is C26H38FN5O3SSi. The number of benzene rings is 1. The Morgan fingerprint density at radius 1 is 1.19 bits per heavy atom. The first-order valence-electron chi connectivity index (χ1n) is 12.9. The molecule has 1 aromatic carbocycles. The molecule has 4 rings (SSSR count). The maximum absolute atomic E-state index is 14.7. The number of aliphatic hydroxyl groups is 1. The normalized spacial score (nSPS) is 20.7. The fourth-order valence-corrected chi connectivity index (χ4v) is 12.4. The lowest BCUT2D eigenvalue weighted by molar-refractivity contribution is -0.0458. The number of fused-ring (bicyclic) bond motifs is 1. The topological polar surface area (TPSA) is 108 Å². The largest absolute Gasteiger partial charge is 0.410 e. The van der Waals surface area contributed by atoms with Crippen molar-refractivity contribution in [3.05, 3.63) is 35.9 Å². The molecule has 0 bridgehead atoms. The summed E-state index contributed by atoms with van der Waals surface area (Å²) in [5.74, 6) is -0.0620. The first kappa shape index (κ1) is 28.0. The molecule has 0 saturated carbocycles. The van der Waals surface area contributed by atoms with Gasteiger partial charge in [0.25, 0.3) is 0 Å². The molecule has 3 atom stereocenters. The molecule has 0 aliphatic carbocycles. The summed E-state index contributed by atoms with van der Waals surface area (Å²) in [6.07, 6.45) is 0.609. The third kappa shape index (κ3) is 5.16. The predicted octanol–water partition coefficient (Wildman–Crippen LogP) is 5.85. The van der Waals surface area contributed by atoms with Crippen molar-refractivity contribution in [1.82, 2.24) is 19.7 Å². The summed E-state index contributed by atoms with van der Waals surface area (Å²) < 4.78 is 29.7. The molecule has 2 aromatic heterocycles. The van der Waals surface area contributed by atoms with Gasteiger partial charge in [-0.25, -0.2) is 19.0 Å². The standard InChI is InChI=1S/C26H38FN5O3SSi/c1-14(2)37(15(3)4,16(5)6)35-19-11-22(34-20(19)12-33)32-25-23(24(28)29-13-30-25)26(31-32)36-21-9-8-17(7)10-18(21)27/h8-10,13-16,19-20,22,33H,11-12H2,1-7H3,(H2,28,29,30)/t19-,20-,22+/m0/s1. The summed E-state index contributed by atoms with van der Waals surface area (Å²) in [7, 11) is -2.21. The fourth-order valence-electron chi connectivity index (χ4n) is 5.84. The summed E-state index contributed by atoms with van der Waals surface area (Å²) in [5.41, 5.74) is 8.78. The van der Waals surface area contributed by atoms with Crippen molar-refractivity contribution in [3.8, 4) is 0 Å². The molecule has 202 valence electrons. The number of nitrogens with zero attached hydrogens (tertiary/aromatic N) is 4. The molecule has 3 heterocycles. The number of aryl methyl sites for hydroxylation is 1. The van der Waals surface area contributed by atoms with Gasteiger partial charge in [0, 0.05) is 11.3 Å². The number of anilines is 1. The molecule has 1 saturated heterocycles. The van der Waals surface area contributed by atoms with Crippen molar-refractivity contribution in [3.63, 3.8) is 0 Å². The van der Waals surface area contributed by atoms with Crippen molar-refractivity contribution < 1.29 is 18.7 Å². The molecule has 0 radical (unpaired) electrons. The van der Waals surface area contributed by atoms with Crippen LogP contribution in [0.3, 0.4) is 0 Å². The Morgan fingerprint density at radius 2 is 1.86 bits per heavy atom. The van der Waals surface area contributed by atoms with Crippen LogP contribution >= 0.6 is 11.8 Å². The average molecular weight is 548 g/mol. The number of nitrogen functional groups attached to an aromatic ring is 1. The molecular weight excluding hydrogens is 509 g/mol. The average Bonchev–Trinajstić information content (AvgIpc) is 3.40. The third-order valence-electron chi connectivity index (χ3n) is 7.48. The highest BCUT2D eigenvalue weighted by atomic mass is 32.2. The van der Waals surface area contributed by atoms with E-state index in [1.54, 1.807) is 10.7 Å². The van der Waals surface area contributed by atoms with Crippen molar-refractivity contribution in [2.45, 2.75) is 99.9 Å². The van der Waals surface area contributed by atoms with Crippen LogP contribution in [0.25, 0.3) is 11.0 Å². The lowest BCUT2D eigenvalue weighted by atomic mass is 10.2. The van der Waals surface area contributed by atoms with E-state index in [4.69, 9.17) is 20.0 Å². The molecule has 8 nitrogen and oxygen atoms in total. The Balaban J connectivity index is 1.70. The monoisotopic (exact) mass is 547 g/mol. The van der Waals surface area contributed by atoms with Gasteiger partial charge in [-0.2, -0.15) is 5.10 Å². The van der Waals surface area contributed by atoms with Crippen LogP contribution in [-0.2, 0) is 9.16 Å². The molecule has 0 spiro atoms. The SMILES string of the molecule is Cc1ccc(Sc2nn([C@H]3C[C@H](O[Si](C(C)C)(C(C)C)C(C)C)[C@H](CO)O3)c3ncnc(N)c23)c(F)c1. The van der Waals surface area contributed by atoms with E-state index in [9.17, 15) is 9.50 Å². The number of aliphatic hydroxyl groups excluding tert-OH is 1. The lowest BCUT2D eigenvalue weighted by Gasteiger charge is -2.44. The number of halogens is 1. The molecule has 1 aliphatic heterocycles. The van der Waals surface area contributed by atoms with E-state index in [-0.39, 0.29) is 24.3 Å². The first-order valence-corrected chi connectivity index (χ1v) is 15.8. The van der Waals surface area contributed by atoms with E-state index < -0.39 is 20.6 Å². The van der Waals surface area contributed by atoms with Crippen molar-refractivity contribution in [1.29, 1.82) is 0 Å². The van der Waals surface area contributed by atoms with Crippen LogP contribution in [0.1, 0.15) is 59.8 Å². The number of aromatic nitrogens is 4. The maximum Gasteiger partial charge on any atom is 0.200 e. The van der Waals surface area contributed by atoms with Gasteiger partial charge in [-0.15, -0.1) is 0 Å². The zero-order valence-corrected chi connectivity index (χ0v) is 24.4. The number of rotatable bonds is 9. The lowest BCUT2D eigenvalue weighted by Crippen LogP contribution is -2.51. The highest BCUT2D eigenvalue weighted by Crippen LogP contribution is 2.46. The second-order valence-electron chi connectivity index (χ2n) is 10.8. The van der Waals surface area contributed by atoms with Gasteiger partial charge in [-0.1, -0.05) is 59.4 Å². The summed E-state index contributed by atoms with van der Waals surface area (Å²) in [6, 6.07) is 5.07. The first-order chi connectivity index (χ1) is 17.5. The highest BCUT2D eigenvalue weighted by molar-refractivity contribution is 7.99. The Morgan fingerprint density at radius 3 is 2.46 bits per heavy atom. The summed E-state index contributed by atoms with van der Waals surface area (Å²) in [6.45, 7) is 15.1. The molecule has 37 heavy (non-hydrogen) atoms. The second-order valence-corrected chi connectivity index (χ2v) is 17.2. The molecule has 3 N–H and O–H groups in total. The van der Waals surface area contributed by atoms with Gasteiger partial charge in [0.05, 0.1) is 18.1 Å². The zero-order chi connectivity index (χ0) is 27.1. The molecule has 11 heteroatoms. The van der Waals surface area contributed by atoms with E-state index in [2.05, 4.69) is 51.5 Å². The minimum Gasteiger partial charge on any atom is -0.410 e. The van der Waals surface area contributed by atoms with Gasteiger partial charge in [0.2, 0.25) is 8.32 Å². The van der Waals surface area contributed by atoms with E-state index in [1.807, 2.05) is 13.0 Å². The third-order valence-corrected chi connectivity index (χ3v) is 14.6. The van der Waals surface area contributed by atoms with E-state index in [1.165, 1.54) is 24.2 Å². The minimum atomic E-state index is -2.21. The molecule has 0 unspecified atom stereocenters. The van der Waals surface area contributed by atoms with Gasteiger partial charge >= 0.3 is 0 Å². The van der Waals surface area contributed by atoms with Gasteiger partial charge in [-0.05, 0) is 41.2 Å². The quantitative estimate of drug-likeness (QED) is 0.321. The van der Waals surface area contributed by atoms with Crippen LogP contribution in [0, 0.1) is 12.7 Å². The second kappa shape index (κ2) is 11.0. The minimum absolute atomic E-state index is 0.160. The summed E-state index contributed by atoms with van der Waals surface area (Å²) in [5, 5.41) is 16.0. The van der Waals surface area contributed by atoms with Crippen LogP contribution in [0.2, 0.25) is 16.6 Å². The smallest absolute Gasteiger partial charge is 0.200 e. The molecule has 1 aliphatic rings. The Labute approximate surface area is 223 Å². The van der Waals surface area contributed by atoms with Gasteiger partial charge in [0.1, 0.15) is 29.1 Å². The van der Waals surface area contributed by atoms with Crippen LogP contribution in [-0.4, -0.2) is 52.0 Å². The van der Waals surface area contributed by atoms with E-state index in [0.29, 0.717) is 44.0 Å². The van der Waals surface area contributed by atoms with Gasteiger partial charge in [-0.3, -0.25) is 0 Å². The van der Waals surface area contributed by atoms with Crippen molar-refractivity contribution in [2.75, 3.05) is 12.3 Å². The molecule has 1 fully saturated rings. The van der Waals surface area contributed by atoms with E-state index in [0.717, 1.165) is 5.56 Å². The number of hydrogen-bond acceptors (Lipinski definition) is 8. The summed E-state index contributed by atoms with van der Waals surface area (Å²) in [4.78, 5) is 9.03.